The molecule has 3 unspecified atom stereocenters. The third-order valence-corrected chi connectivity index (χ3v) is 4.46. The highest BCUT2D eigenvalue weighted by Crippen LogP contribution is 2.49. The third-order valence-electron chi connectivity index (χ3n) is 4.46. The fourth-order valence-corrected chi connectivity index (χ4v) is 3.38. The van der Waals surface area contributed by atoms with E-state index in [4.69, 9.17) is 14.2 Å². The number of aromatic nitrogens is 2. The van der Waals surface area contributed by atoms with Crippen molar-refractivity contribution in [2.24, 2.45) is 11.8 Å². The third kappa shape index (κ3) is 2.16. The Morgan fingerprint density at radius 3 is 3.14 bits per heavy atom. The van der Waals surface area contributed by atoms with E-state index in [1.54, 1.807) is 17.8 Å². The molecule has 114 valence electrons. The van der Waals surface area contributed by atoms with Gasteiger partial charge in [0.15, 0.2) is 17.8 Å². The summed E-state index contributed by atoms with van der Waals surface area (Å²) < 4.78 is 17.7. The molecule has 2 fully saturated rings. The Morgan fingerprint density at radius 1 is 1.52 bits per heavy atom. The highest BCUT2D eigenvalue weighted by molar-refractivity contribution is 5.67. The van der Waals surface area contributed by atoms with Crippen LogP contribution in [0.2, 0.25) is 0 Å². The minimum atomic E-state index is -0.701. The molecule has 1 saturated heterocycles. The van der Waals surface area contributed by atoms with Crippen molar-refractivity contribution in [2.45, 2.75) is 38.5 Å². The van der Waals surface area contributed by atoms with E-state index in [0.717, 1.165) is 18.8 Å². The molecule has 2 aliphatic heterocycles. The average Bonchev–Trinajstić information content (AvgIpc) is 3.05. The molecule has 0 radical (unpaired) electrons. The average molecular weight is 293 g/mol. The zero-order valence-electron chi connectivity index (χ0n) is 11.9. The molecule has 1 saturated carbocycles. The van der Waals surface area contributed by atoms with Gasteiger partial charge in [0.1, 0.15) is 0 Å². The van der Waals surface area contributed by atoms with Gasteiger partial charge in [-0.3, -0.25) is 0 Å². The molecule has 3 heterocycles. The van der Waals surface area contributed by atoms with Crippen molar-refractivity contribution in [3.63, 3.8) is 0 Å². The number of carbonyl (C=O) groups excluding carboxylic acids is 1. The van der Waals surface area contributed by atoms with Crippen LogP contribution >= 0.6 is 0 Å². The molecule has 7 heteroatoms. The highest BCUT2D eigenvalue weighted by Gasteiger charge is 2.48. The molecule has 1 aromatic heterocycles. The first-order valence-electron chi connectivity index (χ1n) is 7.58. The zero-order valence-corrected chi connectivity index (χ0v) is 11.9. The molecule has 0 aromatic carbocycles. The lowest BCUT2D eigenvalue weighted by Crippen LogP contribution is -2.40. The van der Waals surface area contributed by atoms with Gasteiger partial charge in [-0.15, -0.1) is 0 Å². The topological polar surface area (TPSA) is 74.6 Å². The molecule has 0 spiro atoms. The predicted molar refractivity (Wildman–Crippen MR) is 73.1 cm³/mol. The summed E-state index contributed by atoms with van der Waals surface area (Å²) >= 11 is 0. The molecule has 4 rings (SSSR count). The molecule has 1 aliphatic carbocycles. The van der Waals surface area contributed by atoms with Gasteiger partial charge in [0.25, 0.3) is 0 Å². The Hall–Kier alpha value is -1.76. The van der Waals surface area contributed by atoms with E-state index in [1.807, 2.05) is 0 Å². The van der Waals surface area contributed by atoms with E-state index in [1.165, 1.54) is 12.8 Å². The van der Waals surface area contributed by atoms with Gasteiger partial charge in [-0.25, -0.2) is 9.48 Å². The van der Waals surface area contributed by atoms with Crippen molar-refractivity contribution in [3.8, 4) is 5.75 Å². The number of carbonyl (C=O) groups is 1. The van der Waals surface area contributed by atoms with E-state index < -0.39 is 6.16 Å². The summed E-state index contributed by atoms with van der Waals surface area (Å²) in [6, 6.07) is 0.381. The van der Waals surface area contributed by atoms with Gasteiger partial charge in [-0.2, -0.15) is 5.10 Å². The minimum absolute atomic E-state index is 0.0496. The highest BCUT2D eigenvalue weighted by atomic mass is 16.7. The second kappa shape index (κ2) is 4.91. The minimum Gasteiger partial charge on any atom is -0.434 e. The summed E-state index contributed by atoms with van der Waals surface area (Å²) in [4.78, 5) is 11.5. The Kier molecular flexibility index (Phi) is 3.02. The maximum atomic E-state index is 11.5. The van der Waals surface area contributed by atoms with Crippen LogP contribution in [-0.2, 0) is 9.47 Å². The first-order chi connectivity index (χ1) is 10.3. The number of nitrogens with zero attached hydrogens (tertiary/aromatic N) is 2. The zero-order chi connectivity index (χ0) is 14.4. The quantitative estimate of drug-likeness (QED) is 0.861. The summed E-state index contributed by atoms with van der Waals surface area (Å²) in [5.41, 5.74) is 0. The van der Waals surface area contributed by atoms with Crippen LogP contribution in [0.4, 0.5) is 10.6 Å². The first kappa shape index (κ1) is 12.9. The lowest BCUT2D eigenvalue weighted by Gasteiger charge is -2.35. The predicted octanol–water partition coefficient (Wildman–Crippen LogP) is 2.16. The van der Waals surface area contributed by atoms with E-state index in [2.05, 4.69) is 10.4 Å². The fourth-order valence-electron chi connectivity index (χ4n) is 3.38. The lowest BCUT2D eigenvalue weighted by molar-refractivity contribution is 0.0116. The number of hydrogen-bond donors (Lipinski definition) is 1. The molecule has 21 heavy (non-hydrogen) atoms. The molecule has 1 N–H and O–H groups in total. The molecule has 1 aromatic rings. The molecule has 0 bridgehead atoms. The molecule has 3 aliphatic rings. The standard InChI is InChI=1S/C14H19N3O4/c1-2-19-14(18)21-10-7-15-17-12(10)16-11(8-3-4-8)9-5-6-20-13(9)17/h7-9,11,13,16H,2-6H2,1H3. The van der Waals surface area contributed by atoms with E-state index in [0.29, 0.717) is 23.6 Å². The first-order valence-corrected chi connectivity index (χ1v) is 7.58. The Morgan fingerprint density at radius 2 is 2.38 bits per heavy atom. The van der Waals surface area contributed by atoms with Gasteiger partial charge in [-0.1, -0.05) is 0 Å². The van der Waals surface area contributed by atoms with Crippen molar-refractivity contribution in [2.75, 3.05) is 18.5 Å². The number of fused-ring (bicyclic) bond motifs is 3. The van der Waals surface area contributed by atoms with Crippen molar-refractivity contribution in [1.82, 2.24) is 9.78 Å². The number of nitrogens with one attached hydrogen (secondary N) is 1. The summed E-state index contributed by atoms with van der Waals surface area (Å²) in [6.45, 7) is 2.79. The molecular formula is C14H19N3O4. The SMILES string of the molecule is CCOC(=O)Oc1cnn2c1NC(C1CC1)C1CCOC12. The van der Waals surface area contributed by atoms with Crippen LogP contribution in [0.3, 0.4) is 0 Å². The van der Waals surface area contributed by atoms with Crippen LogP contribution in [-0.4, -0.2) is 35.2 Å². The van der Waals surface area contributed by atoms with Gasteiger partial charge in [-0.05, 0) is 32.1 Å². The fraction of sp³-hybridized carbons (Fsp3) is 0.714. The summed E-state index contributed by atoms with van der Waals surface area (Å²) in [5.74, 6) is 2.27. The summed E-state index contributed by atoms with van der Waals surface area (Å²) in [6.07, 6.45) is 4.35. The van der Waals surface area contributed by atoms with Crippen LogP contribution in [0.5, 0.6) is 5.75 Å². The number of rotatable bonds is 3. The Labute approximate surface area is 122 Å². The number of hydrogen-bond acceptors (Lipinski definition) is 6. The van der Waals surface area contributed by atoms with Crippen molar-refractivity contribution >= 4 is 12.0 Å². The van der Waals surface area contributed by atoms with Gasteiger partial charge < -0.3 is 19.5 Å². The van der Waals surface area contributed by atoms with Crippen molar-refractivity contribution in [1.29, 1.82) is 0 Å². The van der Waals surface area contributed by atoms with Crippen LogP contribution in [0.15, 0.2) is 6.20 Å². The number of ether oxygens (including phenoxy) is 3. The second-order valence-electron chi connectivity index (χ2n) is 5.81. The van der Waals surface area contributed by atoms with E-state index in [-0.39, 0.29) is 12.8 Å². The van der Waals surface area contributed by atoms with Crippen LogP contribution in [0, 0.1) is 11.8 Å². The van der Waals surface area contributed by atoms with Gasteiger partial charge >= 0.3 is 6.16 Å². The Bertz CT molecular complexity index is 554. The van der Waals surface area contributed by atoms with E-state index >= 15 is 0 Å². The van der Waals surface area contributed by atoms with E-state index in [9.17, 15) is 4.79 Å². The Balaban J connectivity index is 1.61. The van der Waals surface area contributed by atoms with Gasteiger partial charge in [0.05, 0.1) is 12.8 Å². The molecule has 3 atom stereocenters. The van der Waals surface area contributed by atoms with Crippen LogP contribution in [0.25, 0.3) is 0 Å². The van der Waals surface area contributed by atoms with Gasteiger partial charge in [0.2, 0.25) is 0 Å². The maximum absolute atomic E-state index is 11.5. The molecule has 0 amide bonds. The maximum Gasteiger partial charge on any atom is 0.514 e. The van der Waals surface area contributed by atoms with Crippen LogP contribution < -0.4 is 10.1 Å². The largest absolute Gasteiger partial charge is 0.514 e. The molecular weight excluding hydrogens is 274 g/mol. The summed E-state index contributed by atoms with van der Waals surface area (Å²) in [5, 5.41) is 7.84. The van der Waals surface area contributed by atoms with Crippen molar-refractivity contribution < 1.29 is 19.0 Å². The monoisotopic (exact) mass is 293 g/mol. The number of anilines is 1. The second-order valence-corrected chi connectivity index (χ2v) is 5.81. The van der Waals surface area contributed by atoms with Crippen LogP contribution in [0.1, 0.15) is 32.4 Å². The summed E-state index contributed by atoms with van der Waals surface area (Å²) in [7, 11) is 0. The van der Waals surface area contributed by atoms with Gasteiger partial charge in [0, 0.05) is 18.6 Å². The normalized spacial score (nSPS) is 30.2. The molecule has 7 nitrogen and oxygen atoms in total. The smallest absolute Gasteiger partial charge is 0.434 e. The van der Waals surface area contributed by atoms with Crippen molar-refractivity contribution in [3.05, 3.63) is 6.20 Å². The lowest BCUT2D eigenvalue weighted by atomic mass is 9.91.